The first-order valence-electron chi connectivity index (χ1n) is 7.08. The Morgan fingerprint density at radius 1 is 0.913 bits per heavy atom. The molecule has 0 bridgehead atoms. The predicted molar refractivity (Wildman–Crippen MR) is 91.2 cm³/mol. The highest BCUT2D eigenvalue weighted by Crippen LogP contribution is 2.26. The van der Waals surface area contributed by atoms with Gasteiger partial charge in [0.05, 0.1) is 23.3 Å². The molecule has 5 heteroatoms. The number of benzene rings is 2. The minimum atomic E-state index is -0.292. The van der Waals surface area contributed by atoms with Crippen LogP contribution in [0.4, 0.5) is 21.5 Å². The van der Waals surface area contributed by atoms with Crippen molar-refractivity contribution in [3.05, 3.63) is 84.4 Å². The van der Waals surface area contributed by atoms with Crippen LogP contribution in [0, 0.1) is 5.82 Å². The van der Waals surface area contributed by atoms with E-state index in [0.717, 1.165) is 17.1 Å². The molecule has 0 saturated carbocycles. The van der Waals surface area contributed by atoms with Crippen LogP contribution >= 0.6 is 0 Å². The third-order valence-electron chi connectivity index (χ3n) is 3.20. The molecule has 0 aliphatic carbocycles. The van der Waals surface area contributed by atoms with Crippen molar-refractivity contribution in [3.8, 4) is 0 Å². The Bertz CT molecular complexity index is 738. The van der Waals surface area contributed by atoms with Crippen LogP contribution in [0.3, 0.4) is 0 Å². The van der Waals surface area contributed by atoms with Crippen molar-refractivity contribution >= 4 is 23.3 Å². The van der Waals surface area contributed by atoms with Gasteiger partial charge in [0.2, 0.25) is 0 Å². The zero-order chi connectivity index (χ0) is 16.1. The Balaban J connectivity index is 1.97. The van der Waals surface area contributed by atoms with Crippen LogP contribution in [0.2, 0.25) is 0 Å². The normalized spacial score (nSPS) is 10.8. The predicted octanol–water partition coefficient (Wildman–Crippen LogP) is 3.98. The summed E-state index contributed by atoms with van der Waals surface area (Å²) in [5.74, 6) is -0.292. The van der Waals surface area contributed by atoms with Crippen molar-refractivity contribution < 1.29 is 4.39 Å². The molecule has 0 amide bonds. The SMILES string of the molecule is Nc1ccc(N(/N=C/c2ccccn2)c2ccc(F)cc2)cc1. The van der Waals surface area contributed by atoms with E-state index in [9.17, 15) is 4.39 Å². The van der Waals surface area contributed by atoms with E-state index in [0.29, 0.717) is 5.69 Å². The van der Waals surface area contributed by atoms with E-state index >= 15 is 0 Å². The molecule has 4 nitrogen and oxygen atoms in total. The fourth-order valence-electron chi connectivity index (χ4n) is 2.05. The third-order valence-corrected chi connectivity index (χ3v) is 3.20. The van der Waals surface area contributed by atoms with Gasteiger partial charge in [-0.3, -0.25) is 4.98 Å². The van der Waals surface area contributed by atoms with Crippen LogP contribution in [0.1, 0.15) is 5.69 Å². The van der Waals surface area contributed by atoms with Crippen LogP contribution in [0.15, 0.2) is 78.0 Å². The lowest BCUT2D eigenvalue weighted by atomic mass is 10.2. The minimum absolute atomic E-state index is 0.292. The van der Waals surface area contributed by atoms with Crippen molar-refractivity contribution in [2.24, 2.45) is 5.10 Å². The van der Waals surface area contributed by atoms with Gasteiger partial charge in [0, 0.05) is 11.9 Å². The summed E-state index contributed by atoms with van der Waals surface area (Å²) in [7, 11) is 0. The van der Waals surface area contributed by atoms with Crippen molar-refractivity contribution in [2.45, 2.75) is 0 Å². The number of pyridine rings is 1. The van der Waals surface area contributed by atoms with E-state index < -0.39 is 0 Å². The summed E-state index contributed by atoms with van der Waals surface area (Å²) in [4.78, 5) is 4.21. The van der Waals surface area contributed by atoms with Crippen molar-refractivity contribution in [1.29, 1.82) is 0 Å². The number of nitrogens with zero attached hydrogens (tertiary/aromatic N) is 3. The third kappa shape index (κ3) is 3.71. The summed E-state index contributed by atoms with van der Waals surface area (Å²) in [5, 5.41) is 6.18. The quantitative estimate of drug-likeness (QED) is 0.451. The maximum atomic E-state index is 13.2. The average Bonchev–Trinajstić information content (AvgIpc) is 2.59. The summed E-state index contributed by atoms with van der Waals surface area (Å²) in [6.07, 6.45) is 3.35. The second-order valence-electron chi connectivity index (χ2n) is 4.88. The lowest BCUT2D eigenvalue weighted by molar-refractivity contribution is 0.628. The number of rotatable bonds is 4. The molecule has 1 heterocycles. The molecule has 0 fully saturated rings. The molecule has 0 radical (unpaired) electrons. The maximum absolute atomic E-state index is 13.2. The first-order chi connectivity index (χ1) is 11.2. The van der Waals surface area contributed by atoms with Crippen molar-refractivity contribution in [2.75, 3.05) is 10.7 Å². The van der Waals surface area contributed by atoms with E-state index in [2.05, 4.69) is 10.1 Å². The minimum Gasteiger partial charge on any atom is -0.399 e. The summed E-state index contributed by atoms with van der Waals surface area (Å²) in [6.45, 7) is 0. The zero-order valence-electron chi connectivity index (χ0n) is 12.3. The molecule has 0 aliphatic rings. The number of nitrogens with two attached hydrogens (primary N) is 1. The molecule has 2 aromatic carbocycles. The maximum Gasteiger partial charge on any atom is 0.123 e. The first-order valence-corrected chi connectivity index (χ1v) is 7.08. The highest BCUT2D eigenvalue weighted by molar-refractivity contribution is 5.79. The van der Waals surface area contributed by atoms with Gasteiger partial charge in [0.1, 0.15) is 5.82 Å². The zero-order valence-corrected chi connectivity index (χ0v) is 12.3. The second kappa shape index (κ2) is 6.70. The van der Waals surface area contributed by atoms with E-state index in [1.807, 2.05) is 30.3 Å². The molecular formula is C18H15FN4. The second-order valence-corrected chi connectivity index (χ2v) is 4.88. The molecule has 3 aromatic rings. The Labute approximate surface area is 133 Å². The number of aromatic nitrogens is 1. The van der Waals surface area contributed by atoms with Gasteiger partial charge >= 0.3 is 0 Å². The molecule has 0 spiro atoms. The monoisotopic (exact) mass is 306 g/mol. The van der Waals surface area contributed by atoms with E-state index in [1.165, 1.54) is 12.1 Å². The Hall–Kier alpha value is -3.21. The van der Waals surface area contributed by atoms with Gasteiger partial charge in [-0.25, -0.2) is 9.40 Å². The average molecular weight is 306 g/mol. The van der Waals surface area contributed by atoms with Crippen LogP contribution in [-0.4, -0.2) is 11.2 Å². The van der Waals surface area contributed by atoms with Gasteiger partial charge in [-0.1, -0.05) is 6.07 Å². The number of hydrazone groups is 1. The molecule has 23 heavy (non-hydrogen) atoms. The first kappa shape index (κ1) is 14.7. The topological polar surface area (TPSA) is 54.5 Å². The molecule has 3 rings (SSSR count). The van der Waals surface area contributed by atoms with Crippen LogP contribution in [-0.2, 0) is 0 Å². The number of anilines is 3. The molecule has 0 saturated heterocycles. The lowest BCUT2D eigenvalue weighted by Crippen LogP contribution is -2.09. The van der Waals surface area contributed by atoms with Crippen LogP contribution in [0.5, 0.6) is 0 Å². The summed E-state index contributed by atoms with van der Waals surface area (Å²) in [5.41, 5.74) is 8.69. The molecule has 2 N–H and O–H groups in total. The number of hydrogen-bond acceptors (Lipinski definition) is 4. The number of hydrogen-bond donors (Lipinski definition) is 1. The van der Waals surface area contributed by atoms with Crippen molar-refractivity contribution in [1.82, 2.24) is 4.98 Å². The van der Waals surface area contributed by atoms with Gasteiger partial charge in [-0.15, -0.1) is 0 Å². The van der Waals surface area contributed by atoms with Crippen LogP contribution < -0.4 is 10.7 Å². The Kier molecular flexibility index (Phi) is 4.29. The van der Waals surface area contributed by atoms with E-state index in [-0.39, 0.29) is 5.82 Å². The van der Waals surface area contributed by atoms with Gasteiger partial charge in [0.25, 0.3) is 0 Å². The van der Waals surface area contributed by atoms with Gasteiger partial charge in [-0.2, -0.15) is 5.10 Å². The Morgan fingerprint density at radius 2 is 1.57 bits per heavy atom. The lowest BCUT2D eigenvalue weighted by Gasteiger charge is -2.19. The highest BCUT2D eigenvalue weighted by Gasteiger charge is 2.08. The standard InChI is InChI=1S/C18H15FN4/c19-14-4-8-17(9-5-14)23(18-10-6-15(20)7-11-18)22-13-16-3-1-2-12-21-16/h1-13H,20H2/b22-13+. The number of nitrogen functional groups attached to an aromatic ring is 1. The van der Waals surface area contributed by atoms with E-state index in [4.69, 9.17) is 5.73 Å². The smallest absolute Gasteiger partial charge is 0.123 e. The highest BCUT2D eigenvalue weighted by atomic mass is 19.1. The van der Waals surface area contributed by atoms with Crippen molar-refractivity contribution in [3.63, 3.8) is 0 Å². The summed E-state index contributed by atoms with van der Waals surface area (Å²) >= 11 is 0. The molecule has 0 atom stereocenters. The molecule has 0 aliphatic heterocycles. The van der Waals surface area contributed by atoms with E-state index in [1.54, 1.807) is 41.7 Å². The molecular weight excluding hydrogens is 291 g/mol. The van der Waals surface area contributed by atoms with Gasteiger partial charge < -0.3 is 5.73 Å². The van der Waals surface area contributed by atoms with Gasteiger partial charge in [0.15, 0.2) is 0 Å². The van der Waals surface area contributed by atoms with Crippen LogP contribution in [0.25, 0.3) is 0 Å². The summed E-state index contributed by atoms with van der Waals surface area (Å²) in [6, 6.07) is 19.0. The molecule has 114 valence electrons. The molecule has 1 aromatic heterocycles. The van der Waals surface area contributed by atoms with Gasteiger partial charge in [-0.05, 0) is 60.7 Å². The largest absolute Gasteiger partial charge is 0.399 e. The fourth-order valence-corrected chi connectivity index (χ4v) is 2.05. The summed E-state index contributed by atoms with van der Waals surface area (Å²) < 4.78 is 13.2. The molecule has 0 unspecified atom stereocenters. The number of halogens is 1. The Morgan fingerprint density at radius 3 is 2.17 bits per heavy atom. The fraction of sp³-hybridized carbons (Fsp3) is 0.